The summed E-state index contributed by atoms with van der Waals surface area (Å²) in [7, 11) is -0.697. The number of Topliss-reactive ketones (excluding diaryl/α,β-unsaturated/α-hetero) is 1. The monoisotopic (exact) mass is 404 g/mol. The molecule has 1 aromatic heterocycles. The van der Waals surface area contributed by atoms with Crippen LogP contribution < -0.4 is 0 Å². The molecule has 1 aliphatic carbocycles. The zero-order chi connectivity index (χ0) is 20.6. The third-order valence-corrected chi connectivity index (χ3v) is 6.73. The molecule has 0 aliphatic heterocycles. The Morgan fingerprint density at radius 3 is 2.29 bits per heavy atom. The number of ketones is 1. The number of esters is 1. The van der Waals surface area contributed by atoms with Crippen molar-refractivity contribution < 1.29 is 22.7 Å². The molecule has 28 heavy (non-hydrogen) atoms. The molecule has 7 nitrogen and oxygen atoms in total. The topological polar surface area (TPSA) is 85.7 Å². The Morgan fingerprint density at radius 1 is 1.14 bits per heavy atom. The Hall–Kier alpha value is -2.45. The lowest BCUT2D eigenvalue weighted by Gasteiger charge is -2.11. The van der Waals surface area contributed by atoms with Crippen LogP contribution in [0.4, 0.5) is 0 Å². The van der Waals surface area contributed by atoms with Gasteiger partial charge in [0, 0.05) is 37.1 Å². The van der Waals surface area contributed by atoms with Gasteiger partial charge in [0.2, 0.25) is 15.8 Å². The van der Waals surface area contributed by atoms with E-state index in [0.29, 0.717) is 11.6 Å². The maximum atomic E-state index is 12.5. The molecule has 1 aliphatic rings. The Bertz CT molecular complexity index is 1020. The van der Waals surface area contributed by atoms with Gasteiger partial charge in [-0.2, -0.15) is 0 Å². The Morgan fingerprint density at radius 2 is 1.75 bits per heavy atom. The molecule has 0 saturated heterocycles. The van der Waals surface area contributed by atoms with Crippen molar-refractivity contribution in [3.63, 3.8) is 0 Å². The van der Waals surface area contributed by atoms with Gasteiger partial charge in [-0.05, 0) is 57.0 Å². The maximum Gasteiger partial charge on any atom is 0.338 e. The van der Waals surface area contributed by atoms with Gasteiger partial charge in [0.15, 0.2) is 6.61 Å². The van der Waals surface area contributed by atoms with Gasteiger partial charge in [0.05, 0.1) is 10.5 Å². The van der Waals surface area contributed by atoms with E-state index >= 15 is 0 Å². The lowest BCUT2D eigenvalue weighted by molar-refractivity contribution is 0.0474. The van der Waals surface area contributed by atoms with E-state index in [4.69, 9.17) is 4.74 Å². The number of aromatic nitrogens is 1. The second kappa shape index (κ2) is 7.52. The number of carbonyl (C=O) groups is 2. The highest BCUT2D eigenvalue weighted by Crippen LogP contribution is 2.38. The number of nitrogens with zero attached hydrogens (tertiary/aromatic N) is 2. The summed E-state index contributed by atoms with van der Waals surface area (Å²) in [5, 5.41) is 0. The highest BCUT2D eigenvalue weighted by molar-refractivity contribution is 7.89. The molecule has 0 radical (unpaired) electrons. The fraction of sp³-hybridized carbons (Fsp3) is 0.400. The van der Waals surface area contributed by atoms with Crippen LogP contribution in [0, 0.1) is 13.8 Å². The number of sulfonamides is 1. The maximum absolute atomic E-state index is 12.5. The van der Waals surface area contributed by atoms with Gasteiger partial charge in [-0.25, -0.2) is 17.5 Å². The van der Waals surface area contributed by atoms with Crippen molar-refractivity contribution in [3.05, 3.63) is 52.8 Å². The van der Waals surface area contributed by atoms with Gasteiger partial charge in [0.25, 0.3) is 0 Å². The first-order valence-corrected chi connectivity index (χ1v) is 10.5. The number of carbonyl (C=O) groups excluding carboxylic acids is 2. The molecule has 3 rings (SSSR count). The molecule has 150 valence electrons. The number of rotatable bonds is 7. The fourth-order valence-corrected chi connectivity index (χ4v) is 4.12. The van der Waals surface area contributed by atoms with Crippen molar-refractivity contribution in [2.45, 2.75) is 37.6 Å². The van der Waals surface area contributed by atoms with Crippen LogP contribution in [0.2, 0.25) is 0 Å². The average molecular weight is 404 g/mol. The summed E-state index contributed by atoms with van der Waals surface area (Å²) in [6.45, 7) is 3.52. The van der Waals surface area contributed by atoms with Gasteiger partial charge in [-0.1, -0.05) is 0 Å². The largest absolute Gasteiger partial charge is 0.454 e. The fourth-order valence-electron chi connectivity index (χ4n) is 3.22. The molecule has 0 unspecified atom stereocenters. The van der Waals surface area contributed by atoms with Gasteiger partial charge in [-0.15, -0.1) is 0 Å². The van der Waals surface area contributed by atoms with Crippen LogP contribution in [0.1, 0.15) is 51.0 Å². The van der Waals surface area contributed by atoms with Crippen molar-refractivity contribution in [1.29, 1.82) is 0 Å². The molecule has 1 saturated carbocycles. The summed E-state index contributed by atoms with van der Waals surface area (Å²) in [6, 6.07) is 7.75. The van der Waals surface area contributed by atoms with Crippen molar-refractivity contribution in [2.24, 2.45) is 0 Å². The Labute approximate surface area is 165 Å². The SMILES string of the molecule is Cc1cc(C(=O)COC(=O)c2ccc(S(=O)(=O)N(C)C)cc2)c(C)n1C1CC1. The molecule has 0 spiro atoms. The number of aryl methyl sites for hydroxylation is 1. The van der Waals surface area contributed by atoms with E-state index in [2.05, 4.69) is 4.57 Å². The minimum Gasteiger partial charge on any atom is -0.454 e. The van der Waals surface area contributed by atoms with E-state index in [1.54, 1.807) is 0 Å². The second-order valence-electron chi connectivity index (χ2n) is 7.20. The minimum absolute atomic E-state index is 0.0812. The third-order valence-electron chi connectivity index (χ3n) is 4.90. The molecule has 0 amide bonds. The summed E-state index contributed by atoms with van der Waals surface area (Å²) >= 11 is 0. The molecule has 0 bridgehead atoms. The molecular weight excluding hydrogens is 380 g/mol. The van der Waals surface area contributed by atoms with Gasteiger partial charge >= 0.3 is 5.97 Å². The summed E-state index contributed by atoms with van der Waals surface area (Å²) < 4.78 is 32.5. The van der Waals surface area contributed by atoms with Crippen LogP contribution in [-0.4, -0.2) is 49.7 Å². The first kappa shape index (κ1) is 20.3. The molecule has 8 heteroatoms. The van der Waals surface area contributed by atoms with Crippen LogP contribution in [0.3, 0.4) is 0 Å². The van der Waals surface area contributed by atoms with Gasteiger partial charge in [-0.3, -0.25) is 4.79 Å². The lowest BCUT2D eigenvalue weighted by Crippen LogP contribution is -2.22. The number of hydrogen-bond donors (Lipinski definition) is 0. The molecule has 1 fully saturated rings. The van der Waals surface area contributed by atoms with Crippen molar-refractivity contribution in [3.8, 4) is 0 Å². The molecule has 0 atom stereocenters. The smallest absolute Gasteiger partial charge is 0.338 e. The van der Waals surface area contributed by atoms with Crippen LogP contribution in [-0.2, 0) is 14.8 Å². The van der Waals surface area contributed by atoms with E-state index in [-0.39, 0.29) is 22.8 Å². The third kappa shape index (κ3) is 3.88. The number of hydrogen-bond acceptors (Lipinski definition) is 5. The minimum atomic E-state index is -3.56. The predicted octanol–water partition coefficient (Wildman–Crippen LogP) is 2.73. The van der Waals surface area contributed by atoms with Gasteiger partial charge in [0.1, 0.15) is 0 Å². The van der Waals surface area contributed by atoms with E-state index in [1.807, 2.05) is 19.9 Å². The van der Waals surface area contributed by atoms with Gasteiger partial charge < -0.3 is 9.30 Å². The zero-order valence-corrected chi connectivity index (χ0v) is 17.2. The predicted molar refractivity (Wildman–Crippen MR) is 104 cm³/mol. The van der Waals surface area contributed by atoms with Crippen LogP contribution >= 0.6 is 0 Å². The van der Waals surface area contributed by atoms with Crippen LogP contribution in [0.25, 0.3) is 0 Å². The standard InChI is InChI=1S/C20H24N2O5S/c1-13-11-18(14(2)22(13)16-7-8-16)19(23)12-27-20(24)15-5-9-17(10-6-15)28(25,26)21(3)4/h5-6,9-11,16H,7-8,12H2,1-4H3. The van der Waals surface area contributed by atoms with Crippen molar-refractivity contribution in [2.75, 3.05) is 20.7 Å². The number of benzene rings is 1. The summed E-state index contributed by atoms with van der Waals surface area (Å²) in [4.78, 5) is 24.8. The quantitative estimate of drug-likeness (QED) is 0.523. The summed E-state index contributed by atoms with van der Waals surface area (Å²) in [5.41, 5.74) is 2.70. The van der Waals surface area contributed by atoms with Crippen molar-refractivity contribution in [1.82, 2.24) is 8.87 Å². The summed E-state index contributed by atoms with van der Waals surface area (Å²) in [6.07, 6.45) is 2.25. The lowest BCUT2D eigenvalue weighted by atomic mass is 10.1. The van der Waals surface area contributed by atoms with Crippen LogP contribution in [0.5, 0.6) is 0 Å². The Kier molecular flexibility index (Phi) is 5.45. The first-order valence-electron chi connectivity index (χ1n) is 9.04. The second-order valence-corrected chi connectivity index (χ2v) is 9.35. The average Bonchev–Trinajstić information content (AvgIpc) is 3.44. The van der Waals surface area contributed by atoms with E-state index < -0.39 is 16.0 Å². The normalized spacial score (nSPS) is 14.3. The number of ether oxygens (including phenoxy) is 1. The van der Waals surface area contributed by atoms with Crippen molar-refractivity contribution >= 4 is 21.8 Å². The molecule has 2 aromatic rings. The van der Waals surface area contributed by atoms with E-state index in [0.717, 1.165) is 28.5 Å². The summed E-state index contributed by atoms with van der Waals surface area (Å²) in [5.74, 6) is -0.918. The highest BCUT2D eigenvalue weighted by atomic mass is 32.2. The van der Waals surface area contributed by atoms with E-state index in [9.17, 15) is 18.0 Å². The molecule has 0 N–H and O–H groups in total. The first-order chi connectivity index (χ1) is 13.1. The highest BCUT2D eigenvalue weighted by Gasteiger charge is 2.28. The van der Waals surface area contributed by atoms with Crippen LogP contribution in [0.15, 0.2) is 35.2 Å². The zero-order valence-electron chi connectivity index (χ0n) is 16.4. The Balaban J connectivity index is 1.66. The molecular formula is C20H24N2O5S. The van der Waals surface area contributed by atoms with E-state index in [1.165, 1.54) is 38.4 Å². The molecule has 1 heterocycles. The molecule has 1 aromatic carbocycles.